The van der Waals surface area contributed by atoms with Crippen molar-refractivity contribution in [2.24, 2.45) is 5.92 Å². The number of anilines is 1. The minimum absolute atomic E-state index is 0.255. The van der Waals surface area contributed by atoms with Gasteiger partial charge in [-0.25, -0.2) is 4.98 Å². The van der Waals surface area contributed by atoms with E-state index in [4.69, 9.17) is 9.84 Å². The molecule has 158 valence electrons. The molecule has 0 radical (unpaired) electrons. The number of amides is 1. The molecule has 1 aliphatic carbocycles. The molecule has 1 unspecified atom stereocenters. The molecule has 0 saturated heterocycles. The number of alkyl halides is 1. The van der Waals surface area contributed by atoms with Crippen LogP contribution in [0.5, 0.6) is 5.75 Å². The average molecular weight is 518 g/mol. The summed E-state index contributed by atoms with van der Waals surface area (Å²) in [6.45, 7) is 4.17. The number of hydrogen-bond acceptors (Lipinski definition) is 4. The first-order valence-corrected chi connectivity index (χ1v) is 11.6. The van der Waals surface area contributed by atoms with E-state index in [2.05, 4.69) is 50.7 Å². The number of pyridine rings is 1. The van der Waals surface area contributed by atoms with Gasteiger partial charge >= 0.3 is 0 Å². The highest BCUT2D eigenvalue weighted by Gasteiger charge is 2.25. The third kappa shape index (κ3) is 4.45. The minimum atomic E-state index is -0.255. The molecular formula is C23H27IN4O2. The van der Waals surface area contributed by atoms with Crippen LogP contribution in [0.1, 0.15) is 54.8 Å². The van der Waals surface area contributed by atoms with Crippen LogP contribution in [0.15, 0.2) is 36.5 Å². The Morgan fingerprint density at radius 1 is 1.27 bits per heavy atom. The van der Waals surface area contributed by atoms with Crippen molar-refractivity contribution in [3.8, 4) is 5.75 Å². The van der Waals surface area contributed by atoms with Gasteiger partial charge in [0.25, 0.3) is 5.91 Å². The van der Waals surface area contributed by atoms with Gasteiger partial charge in [0.15, 0.2) is 0 Å². The van der Waals surface area contributed by atoms with Crippen LogP contribution < -0.4 is 10.1 Å². The molecule has 0 bridgehead atoms. The van der Waals surface area contributed by atoms with Crippen LogP contribution in [0.2, 0.25) is 0 Å². The lowest BCUT2D eigenvalue weighted by Crippen LogP contribution is -2.22. The van der Waals surface area contributed by atoms with E-state index in [-0.39, 0.29) is 5.91 Å². The lowest BCUT2D eigenvalue weighted by molar-refractivity contribution is 0.102. The van der Waals surface area contributed by atoms with Crippen molar-refractivity contribution < 1.29 is 9.53 Å². The number of nitrogens with one attached hydrogen (secondary N) is 1. The topological polar surface area (TPSA) is 69.0 Å². The van der Waals surface area contributed by atoms with E-state index in [1.54, 1.807) is 13.2 Å². The Hall–Kier alpha value is -2.16. The van der Waals surface area contributed by atoms with Gasteiger partial charge < -0.3 is 10.1 Å². The highest BCUT2D eigenvalue weighted by atomic mass is 127. The summed E-state index contributed by atoms with van der Waals surface area (Å²) in [7, 11) is 1.60. The van der Waals surface area contributed by atoms with Crippen molar-refractivity contribution in [1.29, 1.82) is 0 Å². The first kappa shape index (κ1) is 21.1. The Kier molecular flexibility index (Phi) is 6.26. The van der Waals surface area contributed by atoms with Gasteiger partial charge in [-0.05, 0) is 56.7 Å². The summed E-state index contributed by atoms with van der Waals surface area (Å²) in [5, 5.41) is 8.75. The van der Waals surface area contributed by atoms with E-state index < -0.39 is 0 Å². The highest BCUT2D eigenvalue weighted by molar-refractivity contribution is 14.1. The fourth-order valence-electron chi connectivity index (χ4n) is 4.21. The fraction of sp³-hybridized carbons (Fsp3) is 0.435. The van der Waals surface area contributed by atoms with Crippen LogP contribution in [0.3, 0.4) is 0 Å². The van der Waals surface area contributed by atoms with Crippen LogP contribution in [0.4, 0.5) is 5.69 Å². The highest BCUT2D eigenvalue weighted by Crippen LogP contribution is 2.37. The number of nitrogens with zero attached hydrogens (tertiary/aromatic N) is 3. The molecule has 7 heteroatoms. The zero-order chi connectivity index (χ0) is 21.3. The molecule has 1 saturated carbocycles. The fourth-order valence-corrected chi connectivity index (χ4v) is 4.93. The Morgan fingerprint density at radius 2 is 2.03 bits per heavy atom. The van der Waals surface area contributed by atoms with Crippen molar-refractivity contribution in [3.63, 3.8) is 0 Å². The number of benzene rings is 1. The summed E-state index contributed by atoms with van der Waals surface area (Å²) in [6.07, 6.45) is 6.91. The Morgan fingerprint density at radius 3 is 2.70 bits per heavy atom. The van der Waals surface area contributed by atoms with E-state index in [0.29, 0.717) is 23.2 Å². The Balaban J connectivity index is 1.57. The van der Waals surface area contributed by atoms with Crippen molar-refractivity contribution in [3.05, 3.63) is 47.9 Å². The second-order valence-corrected chi connectivity index (χ2v) is 10.0. The van der Waals surface area contributed by atoms with Crippen LogP contribution in [-0.4, -0.2) is 31.7 Å². The smallest absolute Gasteiger partial charge is 0.274 e. The lowest BCUT2D eigenvalue weighted by atomic mass is 9.84. The number of rotatable bonds is 5. The van der Waals surface area contributed by atoms with Gasteiger partial charge in [0.2, 0.25) is 0 Å². The number of carbonyl (C=O) groups excluding carboxylic acids is 1. The van der Waals surface area contributed by atoms with Gasteiger partial charge in [0.1, 0.15) is 11.4 Å². The minimum Gasteiger partial charge on any atom is -0.494 e. The zero-order valence-electron chi connectivity index (χ0n) is 17.6. The summed E-state index contributed by atoms with van der Waals surface area (Å²) in [6, 6.07) is 9.66. The molecule has 1 aliphatic rings. The van der Waals surface area contributed by atoms with E-state index in [1.807, 2.05) is 31.2 Å². The summed E-state index contributed by atoms with van der Waals surface area (Å²) >= 11 is 2.55. The standard InChI is InChI=1S/C23H27IN4O2/c1-14-5-4-6-19(25-14)23(29)26-21-11-17-13-28(27-20(17)12-22(21)30-3)18-9-7-16(8-10-18)15(2)24/h4-6,11-13,15-16,18H,7-10H2,1-3H3,(H,26,29)/t15?,16-,18-. The SMILES string of the molecule is COc1cc2nn([C@H]3CC[C@H](C(C)I)CC3)cc2cc1NC(=O)c1cccc(C)n1. The summed E-state index contributed by atoms with van der Waals surface area (Å²) in [5.74, 6) is 1.15. The largest absolute Gasteiger partial charge is 0.494 e. The molecule has 1 fully saturated rings. The molecule has 2 aromatic heterocycles. The molecule has 0 spiro atoms. The number of aromatic nitrogens is 3. The van der Waals surface area contributed by atoms with Gasteiger partial charge in [0, 0.05) is 27.3 Å². The normalized spacial score (nSPS) is 20.1. The van der Waals surface area contributed by atoms with Crippen molar-refractivity contribution >= 4 is 45.1 Å². The van der Waals surface area contributed by atoms with Crippen LogP contribution in [0.25, 0.3) is 10.9 Å². The predicted molar refractivity (Wildman–Crippen MR) is 128 cm³/mol. The Bertz CT molecular complexity index is 1050. The molecule has 3 aromatic rings. The molecule has 1 N–H and O–H groups in total. The van der Waals surface area contributed by atoms with Crippen molar-refractivity contribution in [1.82, 2.24) is 14.8 Å². The van der Waals surface area contributed by atoms with Gasteiger partial charge in [-0.15, -0.1) is 0 Å². The first-order chi connectivity index (χ1) is 14.4. The van der Waals surface area contributed by atoms with Crippen LogP contribution in [0, 0.1) is 12.8 Å². The molecule has 2 heterocycles. The van der Waals surface area contributed by atoms with Crippen molar-refractivity contribution in [2.45, 2.75) is 49.5 Å². The molecule has 1 aromatic carbocycles. The predicted octanol–water partition coefficient (Wildman–Crippen LogP) is 5.56. The summed E-state index contributed by atoms with van der Waals surface area (Å²) in [4.78, 5) is 17.0. The molecule has 0 aliphatic heterocycles. The average Bonchev–Trinajstić information content (AvgIpc) is 3.16. The van der Waals surface area contributed by atoms with Gasteiger partial charge in [-0.3, -0.25) is 9.48 Å². The molecule has 1 amide bonds. The van der Waals surface area contributed by atoms with Gasteiger partial charge in [-0.1, -0.05) is 35.6 Å². The maximum absolute atomic E-state index is 12.7. The van der Waals surface area contributed by atoms with E-state index in [9.17, 15) is 4.79 Å². The molecule has 30 heavy (non-hydrogen) atoms. The number of carbonyl (C=O) groups is 1. The quantitative estimate of drug-likeness (QED) is 0.355. The van der Waals surface area contributed by atoms with Crippen LogP contribution in [-0.2, 0) is 0 Å². The van der Waals surface area contributed by atoms with E-state index >= 15 is 0 Å². The van der Waals surface area contributed by atoms with Crippen LogP contribution >= 0.6 is 22.6 Å². The number of fused-ring (bicyclic) bond motifs is 1. The second kappa shape index (κ2) is 8.91. The van der Waals surface area contributed by atoms with E-state index in [1.165, 1.54) is 12.8 Å². The van der Waals surface area contributed by atoms with Crippen molar-refractivity contribution in [2.75, 3.05) is 12.4 Å². The maximum Gasteiger partial charge on any atom is 0.274 e. The summed E-state index contributed by atoms with van der Waals surface area (Å²) in [5.41, 5.74) is 2.69. The number of hydrogen-bond donors (Lipinski definition) is 1. The molecule has 1 atom stereocenters. The van der Waals surface area contributed by atoms with Gasteiger partial charge in [0.05, 0.1) is 24.4 Å². The monoisotopic (exact) mass is 518 g/mol. The maximum atomic E-state index is 12.7. The number of ether oxygens (including phenoxy) is 1. The zero-order valence-corrected chi connectivity index (χ0v) is 19.7. The Labute approximate surface area is 190 Å². The molecule has 6 nitrogen and oxygen atoms in total. The van der Waals surface area contributed by atoms with E-state index in [0.717, 1.165) is 39.3 Å². The number of halogens is 1. The van der Waals surface area contributed by atoms with Gasteiger partial charge in [-0.2, -0.15) is 5.10 Å². The first-order valence-electron chi connectivity index (χ1n) is 10.4. The molecular weight excluding hydrogens is 491 g/mol. The number of methoxy groups -OCH3 is 1. The molecule has 4 rings (SSSR count). The third-order valence-electron chi connectivity index (χ3n) is 5.98. The summed E-state index contributed by atoms with van der Waals surface area (Å²) < 4.78 is 8.35. The number of aryl methyl sites for hydroxylation is 1. The third-order valence-corrected chi connectivity index (χ3v) is 6.99. The second-order valence-electron chi connectivity index (χ2n) is 8.08. The lowest BCUT2D eigenvalue weighted by Gasteiger charge is -2.30.